The van der Waals surface area contributed by atoms with E-state index in [4.69, 9.17) is 13.9 Å². The zero-order valence-electron chi connectivity index (χ0n) is 17.5. The highest BCUT2D eigenvalue weighted by molar-refractivity contribution is 9.10. The molecule has 2 aromatic rings. The van der Waals surface area contributed by atoms with E-state index in [-0.39, 0.29) is 6.54 Å². The van der Waals surface area contributed by atoms with Crippen molar-refractivity contribution in [2.45, 2.75) is 52.0 Å². The third kappa shape index (κ3) is 6.45. The van der Waals surface area contributed by atoms with Gasteiger partial charge in [-0.2, -0.15) is 0 Å². The van der Waals surface area contributed by atoms with Crippen LogP contribution in [0.25, 0.3) is 0 Å². The summed E-state index contributed by atoms with van der Waals surface area (Å²) in [5.74, 6) is 1.43. The molecule has 164 valence electrons. The van der Waals surface area contributed by atoms with Gasteiger partial charge in [-0.25, -0.2) is 9.78 Å². The quantitative estimate of drug-likeness (QED) is 0.626. The van der Waals surface area contributed by atoms with Gasteiger partial charge in [0.25, 0.3) is 0 Å². The molecule has 2 N–H and O–H groups in total. The topological polar surface area (TPSA) is 97.1 Å². The molecule has 1 aromatic carbocycles. The maximum absolute atomic E-state index is 11.7. The molecule has 1 aliphatic rings. The number of nitrogens with zero attached hydrogens (tertiary/aromatic N) is 2. The average molecular weight is 482 g/mol. The Kier molecular flexibility index (Phi) is 7.38. The molecule has 0 saturated carbocycles. The number of benzene rings is 1. The van der Waals surface area contributed by atoms with Gasteiger partial charge in [0.05, 0.1) is 16.8 Å². The highest BCUT2D eigenvalue weighted by Crippen LogP contribution is 2.34. The van der Waals surface area contributed by atoms with Crippen LogP contribution in [-0.2, 0) is 24.3 Å². The average Bonchev–Trinajstić information content (AvgIpc) is 3.18. The lowest BCUT2D eigenvalue weighted by Crippen LogP contribution is -2.43. The number of amides is 1. The number of hydrogen-bond donors (Lipinski definition) is 2. The number of carbonyl (C=O) groups is 1. The predicted octanol–water partition coefficient (Wildman–Crippen LogP) is 3.26. The zero-order valence-corrected chi connectivity index (χ0v) is 19.1. The highest BCUT2D eigenvalue weighted by Gasteiger charge is 2.23. The fraction of sp³-hybridized carbons (Fsp3) is 0.524. The van der Waals surface area contributed by atoms with E-state index in [1.165, 1.54) is 17.5 Å². The first-order chi connectivity index (χ1) is 14.2. The summed E-state index contributed by atoms with van der Waals surface area (Å²) in [6.07, 6.45) is 2.65. The Balaban J connectivity index is 1.50. The van der Waals surface area contributed by atoms with Crippen molar-refractivity contribution in [3.8, 4) is 5.75 Å². The zero-order chi connectivity index (χ0) is 21.7. The Hall–Kier alpha value is -2.10. The highest BCUT2D eigenvalue weighted by atomic mass is 79.9. The van der Waals surface area contributed by atoms with Gasteiger partial charge in [-0.1, -0.05) is 6.07 Å². The van der Waals surface area contributed by atoms with Gasteiger partial charge in [-0.3, -0.25) is 4.90 Å². The monoisotopic (exact) mass is 481 g/mol. The van der Waals surface area contributed by atoms with Gasteiger partial charge in [0, 0.05) is 26.2 Å². The van der Waals surface area contributed by atoms with E-state index < -0.39 is 17.8 Å². The molecule has 0 fully saturated rings. The number of aromatic nitrogens is 1. The second-order valence-electron chi connectivity index (χ2n) is 8.29. The van der Waals surface area contributed by atoms with Crippen molar-refractivity contribution >= 4 is 22.0 Å². The van der Waals surface area contributed by atoms with E-state index in [0.717, 1.165) is 29.7 Å². The smallest absolute Gasteiger partial charge is 0.407 e. The van der Waals surface area contributed by atoms with Crippen LogP contribution in [0.3, 0.4) is 0 Å². The lowest BCUT2D eigenvalue weighted by Gasteiger charge is -2.31. The molecule has 1 amide bonds. The molecule has 1 atom stereocenters. The Morgan fingerprint density at radius 3 is 2.93 bits per heavy atom. The number of halogens is 1. The van der Waals surface area contributed by atoms with E-state index in [1.807, 2.05) is 12.1 Å². The third-order valence-electron chi connectivity index (χ3n) is 4.58. The molecule has 0 unspecified atom stereocenters. The lowest BCUT2D eigenvalue weighted by molar-refractivity contribution is 0.0464. The van der Waals surface area contributed by atoms with Crippen molar-refractivity contribution in [1.82, 2.24) is 15.2 Å². The van der Waals surface area contributed by atoms with E-state index in [0.29, 0.717) is 18.9 Å². The number of nitrogens with one attached hydrogen (secondary N) is 1. The summed E-state index contributed by atoms with van der Waals surface area (Å²) in [7, 11) is 0. The minimum Gasteiger partial charge on any atom is -0.484 e. The molecule has 30 heavy (non-hydrogen) atoms. The molecule has 0 radical (unpaired) electrons. The number of hydrogen-bond acceptors (Lipinski definition) is 7. The van der Waals surface area contributed by atoms with Gasteiger partial charge in [0.15, 0.2) is 12.2 Å². The van der Waals surface area contributed by atoms with E-state index >= 15 is 0 Å². The predicted molar refractivity (Wildman–Crippen MR) is 114 cm³/mol. The van der Waals surface area contributed by atoms with Crippen molar-refractivity contribution in [1.29, 1.82) is 0 Å². The number of rotatable bonds is 7. The summed E-state index contributed by atoms with van der Waals surface area (Å²) >= 11 is 3.67. The fourth-order valence-electron chi connectivity index (χ4n) is 3.26. The summed E-state index contributed by atoms with van der Waals surface area (Å²) < 4.78 is 17.2. The number of ether oxygens (including phenoxy) is 2. The van der Waals surface area contributed by atoms with Crippen molar-refractivity contribution < 1.29 is 23.8 Å². The van der Waals surface area contributed by atoms with E-state index in [2.05, 4.69) is 31.1 Å². The number of carbonyl (C=O) groups excluding carboxylic acids is 1. The first kappa shape index (κ1) is 22.6. The molecular weight excluding hydrogens is 454 g/mol. The molecule has 0 spiro atoms. The summed E-state index contributed by atoms with van der Waals surface area (Å²) in [6.45, 7) is 7.87. The number of oxazole rings is 1. The van der Waals surface area contributed by atoms with Crippen LogP contribution >= 0.6 is 15.9 Å². The molecule has 2 heterocycles. The number of β-amino-alcohol motifs (C(OH)–C–C–N with tert-alkyl or cyclic N) is 1. The molecule has 1 aliphatic heterocycles. The second-order valence-corrected chi connectivity index (χ2v) is 9.09. The number of aliphatic hydroxyl groups excluding tert-OH is 1. The van der Waals surface area contributed by atoms with Crippen LogP contribution in [0, 0.1) is 0 Å². The van der Waals surface area contributed by atoms with Crippen LogP contribution in [-0.4, -0.2) is 52.4 Å². The first-order valence-corrected chi connectivity index (χ1v) is 10.7. The largest absolute Gasteiger partial charge is 0.484 e. The Morgan fingerprint density at radius 1 is 1.43 bits per heavy atom. The number of fused-ring (bicyclic) bond motifs is 1. The summed E-state index contributed by atoms with van der Waals surface area (Å²) in [4.78, 5) is 17.8. The van der Waals surface area contributed by atoms with Crippen molar-refractivity contribution in [3.63, 3.8) is 0 Å². The SMILES string of the molecule is CC(C)(C)OC(=O)NC[C@H](O)CN1CCc2c(ccc(OCc3cnco3)c2Br)C1. The number of alkyl carbamates (subject to hydrolysis) is 1. The van der Waals surface area contributed by atoms with Crippen LogP contribution in [0.1, 0.15) is 37.7 Å². The maximum atomic E-state index is 11.7. The Labute approximate surface area is 184 Å². The Morgan fingerprint density at radius 2 is 2.23 bits per heavy atom. The minimum atomic E-state index is -0.674. The minimum absolute atomic E-state index is 0.149. The summed E-state index contributed by atoms with van der Waals surface area (Å²) in [5.41, 5.74) is 1.84. The van der Waals surface area contributed by atoms with Crippen LogP contribution in [0.15, 0.2) is 33.6 Å². The van der Waals surface area contributed by atoms with Crippen molar-refractivity contribution in [2.75, 3.05) is 19.6 Å². The molecule has 0 aliphatic carbocycles. The summed E-state index contributed by atoms with van der Waals surface area (Å²) in [6, 6.07) is 3.98. The van der Waals surface area contributed by atoms with Crippen LogP contribution < -0.4 is 10.1 Å². The summed E-state index contributed by atoms with van der Waals surface area (Å²) in [5, 5.41) is 12.9. The van der Waals surface area contributed by atoms with Gasteiger partial charge in [-0.15, -0.1) is 0 Å². The second kappa shape index (κ2) is 9.80. The molecular formula is C21H28BrN3O5. The van der Waals surface area contributed by atoms with Gasteiger partial charge in [0.1, 0.15) is 18.0 Å². The third-order valence-corrected chi connectivity index (χ3v) is 5.45. The molecule has 0 bridgehead atoms. The first-order valence-electron chi connectivity index (χ1n) is 9.89. The van der Waals surface area contributed by atoms with E-state index in [9.17, 15) is 9.90 Å². The van der Waals surface area contributed by atoms with Crippen LogP contribution in [0.4, 0.5) is 4.79 Å². The molecule has 1 aromatic heterocycles. The van der Waals surface area contributed by atoms with Crippen molar-refractivity contribution in [3.05, 3.63) is 46.1 Å². The van der Waals surface area contributed by atoms with Gasteiger partial charge in [0.2, 0.25) is 0 Å². The maximum Gasteiger partial charge on any atom is 0.407 e. The van der Waals surface area contributed by atoms with Gasteiger partial charge < -0.3 is 24.3 Å². The molecule has 8 nitrogen and oxygen atoms in total. The van der Waals surface area contributed by atoms with Gasteiger partial charge in [-0.05, 0) is 60.3 Å². The fourth-order valence-corrected chi connectivity index (χ4v) is 3.96. The normalized spacial score (nSPS) is 15.4. The Bertz CT molecular complexity index is 851. The van der Waals surface area contributed by atoms with Crippen molar-refractivity contribution in [2.24, 2.45) is 0 Å². The molecule has 3 rings (SSSR count). The molecule has 9 heteroatoms. The standard InChI is InChI=1S/C21H28BrN3O5/c1-21(2,3)30-20(27)24-8-15(26)11-25-7-6-17-14(10-25)4-5-18(19(17)22)28-12-16-9-23-13-29-16/h4-5,9,13,15,26H,6-8,10-12H2,1-3H3,(H,24,27)/t15-/m0/s1. The molecule has 0 saturated heterocycles. The lowest BCUT2D eigenvalue weighted by atomic mass is 9.99. The van der Waals surface area contributed by atoms with Gasteiger partial charge >= 0.3 is 6.09 Å². The van der Waals surface area contributed by atoms with Crippen LogP contribution in [0.5, 0.6) is 5.75 Å². The van der Waals surface area contributed by atoms with Crippen LogP contribution in [0.2, 0.25) is 0 Å². The van der Waals surface area contributed by atoms with E-state index in [1.54, 1.807) is 27.0 Å². The number of aliphatic hydroxyl groups is 1.